The normalized spacial score (nSPS) is 15.8. The number of guanidine groups is 1. The molecule has 0 spiro atoms. The summed E-state index contributed by atoms with van der Waals surface area (Å²) in [5.41, 5.74) is 1.78. The number of halogens is 1. The number of hydrogen-bond acceptors (Lipinski definition) is 4. The van der Waals surface area contributed by atoms with Crippen LogP contribution in [0.15, 0.2) is 29.3 Å². The average Bonchev–Trinajstić information content (AvgIpc) is 2.80. The molecule has 2 N–H and O–H groups in total. The summed E-state index contributed by atoms with van der Waals surface area (Å²) in [5, 5.41) is 6.41. The number of hydrogen-bond donors (Lipinski definition) is 2. The molecule has 182 valence electrons. The predicted octanol–water partition coefficient (Wildman–Crippen LogP) is 3.82. The molecule has 1 aromatic carbocycles. The van der Waals surface area contributed by atoms with Crippen molar-refractivity contribution in [2.45, 2.75) is 65.1 Å². The molecule has 8 heteroatoms. The minimum Gasteiger partial charge on any atom is -0.385 e. The maximum Gasteiger partial charge on any atom is 0.251 e. The Morgan fingerprint density at radius 2 is 1.88 bits per heavy atom. The zero-order chi connectivity index (χ0) is 22.5. The van der Waals surface area contributed by atoms with Gasteiger partial charge in [-0.2, -0.15) is 0 Å². The molecule has 32 heavy (non-hydrogen) atoms. The van der Waals surface area contributed by atoms with Crippen molar-refractivity contribution in [2.75, 3.05) is 40.0 Å². The molecule has 2 rings (SSSR count). The molecule has 1 unspecified atom stereocenters. The van der Waals surface area contributed by atoms with E-state index < -0.39 is 0 Å². The van der Waals surface area contributed by atoms with Crippen molar-refractivity contribution >= 4 is 35.8 Å². The smallest absolute Gasteiger partial charge is 0.251 e. The molecule has 0 aromatic heterocycles. The van der Waals surface area contributed by atoms with E-state index in [4.69, 9.17) is 14.5 Å². The van der Waals surface area contributed by atoms with Crippen molar-refractivity contribution in [1.82, 2.24) is 15.5 Å². The highest BCUT2D eigenvalue weighted by Crippen LogP contribution is 2.15. The van der Waals surface area contributed by atoms with Crippen LogP contribution in [-0.4, -0.2) is 68.9 Å². The lowest BCUT2D eigenvalue weighted by Crippen LogP contribution is -2.47. The third-order valence-corrected chi connectivity index (χ3v) is 5.54. The van der Waals surface area contributed by atoms with Crippen molar-refractivity contribution in [3.8, 4) is 0 Å². The van der Waals surface area contributed by atoms with Crippen LogP contribution in [0.1, 0.15) is 62.4 Å². The van der Waals surface area contributed by atoms with E-state index in [1.165, 1.54) is 0 Å². The first-order chi connectivity index (χ1) is 15.1. The van der Waals surface area contributed by atoms with Crippen molar-refractivity contribution in [1.29, 1.82) is 0 Å². The Morgan fingerprint density at radius 3 is 2.47 bits per heavy atom. The van der Waals surface area contributed by atoms with Crippen LogP contribution in [0.4, 0.5) is 0 Å². The number of benzene rings is 1. The third-order valence-electron chi connectivity index (χ3n) is 5.54. The lowest BCUT2D eigenvalue weighted by molar-refractivity contribution is 0.00990. The van der Waals surface area contributed by atoms with Gasteiger partial charge in [-0.25, -0.2) is 4.99 Å². The van der Waals surface area contributed by atoms with Gasteiger partial charge in [0.1, 0.15) is 0 Å². The van der Waals surface area contributed by atoms with Gasteiger partial charge in [-0.3, -0.25) is 4.79 Å². The standard InChI is InChI=1S/C24H40N4O3.HI/c1-5-19(3)27-23(29)21-10-8-20(9-11-21)18-26-24(25-6-2)28-14-12-22(13-15-28)31-17-7-16-30-4;/h8-11,19,22H,5-7,12-18H2,1-4H3,(H,25,26)(H,27,29);1H. The molecule has 0 aliphatic carbocycles. The molecular weight excluding hydrogens is 519 g/mol. The van der Waals surface area contributed by atoms with E-state index in [0.29, 0.717) is 18.2 Å². The second-order valence-electron chi connectivity index (χ2n) is 8.05. The quantitative estimate of drug-likeness (QED) is 0.186. The van der Waals surface area contributed by atoms with Crippen LogP contribution in [0.3, 0.4) is 0 Å². The lowest BCUT2D eigenvalue weighted by atomic mass is 10.1. The molecular formula is C24H41IN4O3. The van der Waals surface area contributed by atoms with E-state index in [1.807, 2.05) is 31.2 Å². The van der Waals surface area contributed by atoms with Crippen LogP contribution in [-0.2, 0) is 16.0 Å². The third kappa shape index (κ3) is 10.0. The van der Waals surface area contributed by atoms with Crippen LogP contribution in [0.5, 0.6) is 0 Å². The zero-order valence-electron chi connectivity index (χ0n) is 20.1. The number of nitrogens with one attached hydrogen (secondary N) is 2. The lowest BCUT2D eigenvalue weighted by Gasteiger charge is -2.34. The molecule has 1 amide bonds. The monoisotopic (exact) mass is 560 g/mol. The summed E-state index contributed by atoms with van der Waals surface area (Å²) in [6.45, 7) is 11.0. The minimum atomic E-state index is -0.0231. The number of rotatable bonds is 11. The number of likely N-dealkylation sites (tertiary alicyclic amines) is 1. The molecule has 7 nitrogen and oxygen atoms in total. The van der Waals surface area contributed by atoms with Gasteiger partial charge >= 0.3 is 0 Å². The number of piperidine rings is 1. The van der Waals surface area contributed by atoms with E-state index in [0.717, 1.165) is 70.1 Å². The Labute approximate surface area is 210 Å². The average molecular weight is 561 g/mol. The molecule has 1 atom stereocenters. The van der Waals surface area contributed by atoms with Crippen LogP contribution in [0.2, 0.25) is 0 Å². The highest BCUT2D eigenvalue weighted by molar-refractivity contribution is 14.0. The Kier molecular flexibility index (Phi) is 14.6. The maximum absolute atomic E-state index is 12.2. The summed E-state index contributed by atoms with van der Waals surface area (Å²) in [5.74, 6) is 0.920. The van der Waals surface area contributed by atoms with E-state index in [1.54, 1.807) is 7.11 Å². The van der Waals surface area contributed by atoms with Gasteiger partial charge in [0.25, 0.3) is 5.91 Å². The summed E-state index contributed by atoms with van der Waals surface area (Å²) in [6, 6.07) is 7.90. The van der Waals surface area contributed by atoms with Gasteiger partial charge in [0, 0.05) is 51.6 Å². The molecule has 1 aliphatic rings. The van der Waals surface area contributed by atoms with E-state index in [-0.39, 0.29) is 35.9 Å². The molecule has 1 saturated heterocycles. The molecule has 1 aliphatic heterocycles. The SMILES string of the molecule is CCNC(=NCc1ccc(C(=O)NC(C)CC)cc1)N1CCC(OCCCOC)CC1.I. The van der Waals surface area contributed by atoms with Gasteiger partial charge in [-0.05, 0) is 57.2 Å². The Hall–Kier alpha value is -1.39. The summed E-state index contributed by atoms with van der Waals surface area (Å²) in [4.78, 5) is 19.4. The Bertz CT molecular complexity index is 676. The topological polar surface area (TPSA) is 75.2 Å². The number of nitrogens with zero attached hydrogens (tertiary/aromatic N) is 2. The minimum absolute atomic E-state index is 0. The molecule has 0 bridgehead atoms. The van der Waals surface area contributed by atoms with Crippen molar-refractivity contribution in [3.05, 3.63) is 35.4 Å². The fraction of sp³-hybridized carbons (Fsp3) is 0.667. The zero-order valence-corrected chi connectivity index (χ0v) is 22.4. The molecule has 0 radical (unpaired) electrons. The highest BCUT2D eigenvalue weighted by Gasteiger charge is 2.21. The first-order valence-corrected chi connectivity index (χ1v) is 11.6. The van der Waals surface area contributed by atoms with Crippen LogP contribution >= 0.6 is 24.0 Å². The van der Waals surface area contributed by atoms with Crippen molar-refractivity contribution in [3.63, 3.8) is 0 Å². The first-order valence-electron chi connectivity index (χ1n) is 11.6. The van der Waals surface area contributed by atoms with Crippen LogP contribution in [0, 0.1) is 0 Å². The molecule has 1 heterocycles. The summed E-state index contributed by atoms with van der Waals surface area (Å²) in [7, 11) is 1.72. The summed E-state index contributed by atoms with van der Waals surface area (Å²) in [6.07, 6.45) is 4.21. The molecule has 0 saturated carbocycles. The van der Waals surface area contributed by atoms with Gasteiger partial charge in [0.15, 0.2) is 5.96 Å². The van der Waals surface area contributed by atoms with Crippen molar-refractivity contribution in [2.24, 2.45) is 4.99 Å². The maximum atomic E-state index is 12.2. The fourth-order valence-corrected chi connectivity index (χ4v) is 3.45. The first kappa shape index (κ1) is 28.6. The van der Waals surface area contributed by atoms with E-state index in [2.05, 4.69) is 29.4 Å². The number of aliphatic imine (C=N–C) groups is 1. The fourth-order valence-electron chi connectivity index (χ4n) is 3.45. The predicted molar refractivity (Wildman–Crippen MR) is 141 cm³/mol. The van der Waals surface area contributed by atoms with Gasteiger partial charge in [0.05, 0.1) is 12.6 Å². The Balaban J connectivity index is 0.00000512. The number of methoxy groups -OCH3 is 1. The summed E-state index contributed by atoms with van der Waals surface area (Å²) >= 11 is 0. The number of carbonyl (C=O) groups excluding carboxylic acids is 1. The van der Waals surface area contributed by atoms with Gasteiger partial charge < -0.3 is 25.0 Å². The van der Waals surface area contributed by atoms with Crippen molar-refractivity contribution < 1.29 is 14.3 Å². The second kappa shape index (κ2) is 16.3. The van der Waals surface area contributed by atoms with Gasteiger partial charge in [0.2, 0.25) is 0 Å². The van der Waals surface area contributed by atoms with E-state index >= 15 is 0 Å². The molecule has 1 fully saturated rings. The van der Waals surface area contributed by atoms with Crippen LogP contribution < -0.4 is 10.6 Å². The number of ether oxygens (including phenoxy) is 2. The largest absolute Gasteiger partial charge is 0.385 e. The van der Waals surface area contributed by atoms with E-state index in [9.17, 15) is 4.79 Å². The summed E-state index contributed by atoms with van der Waals surface area (Å²) < 4.78 is 11.0. The second-order valence-corrected chi connectivity index (χ2v) is 8.05. The van der Waals surface area contributed by atoms with Gasteiger partial charge in [-0.1, -0.05) is 19.1 Å². The van der Waals surface area contributed by atoms with Gasteiger partial charge in [-0.15, -0.1) is 24.0 Å². The Morgan fingerprint density at radius 1 is 1.19 bits per heavy atom. The highest BCUT2D eigenvalue weighted by atomic mass is 127. The number of amides is 1. The van der Waals surface area contributed by atoms with Crippen LogP contribution in [0.25, 0.3) is 0 Å². The molecule has 1 aromatic rings. The number of carbonyl (C=O) groups is 1.